The molecule has 0 aromatic carbocycles. The van der Waals surface area contributed by atoms with Crippen molar-refractivity contribution in [3.05, 3.63) is 0 Å². The molecule has 0 aromatic heterocycles. The second-order valence-corrected chi connectivity index (χ2v) is 7.92. The number of hydrogen-bond donors (Lipinski definition) is 3. The number of nitrogens with two attached hydrogens (primary N) is 1. The Balaban J connectivity index is 0.00000225. The van der Waals surface area contributed by atoms with Crippen LogP contribution in [0.4, 0.5) is 0 Å². The van der Waals surface area contributed by atoms with Crippen molar-refractivity contribution in [3.8, 4) is 0 Å². The summed E-state index contributed by atoms with van der Waals surface area (Å²) < 4.78 is 5.86. The van der Waals surface area contributed by atoms with Gasteiger partial charge in [0.25, 0.3) is 0 Å². The van der Waals surface area contributed by atoms with Crippen LogP contribution in [0.2, 0.25) is 0 Å². The molecule has 1 aliphatic carbocycles. The lowest BCUT2D eigenvalue weighted by molar-refractivity contribution is -0.119. The molecule has 2 saturated heterocycles. The summed E-state index contributed by atoms with van der Waals surface area (Å²) in [6, 6.07) is 0.797. The number of nitrogens with one attached hydrogen (secondary N) is 2. The van der Waals surface area contributed by atoms with E-state index in [1.54, 1.807) is 0 Å². The number of guanidine groups is 1. The Kier molecular flexibility index (Phi) is 6.94. The molecule has 3 unspecified atom stereocenters. The van der Waals surface area contributed by atoms with E-state index in [-0.39, 0.29) is 35.3 Å². The van der Waals surface area contributed by atoms with Crippen molar-refractivity contribution < 1.29 is 9.53 Å². The molecule has 144 valence electrons. The number of piperidine rings is 1. The predicted octanol–water partition coefficient (Wildman–Crippen LogP) is 0.533. The van der Waals surface area contributed by atoms with Crippen molar-refractivity contribution in [2.45, 2.75) is 51.3 Å². The summed E-state index contributed by atoms with van der Waals surface area (Å²) in [6.07, 6.45) is 3.51. The number of nitrogens with zero attached hydrogens (tertiary/aromatic N) is 2. The van der Waals surface area contributed by atoms with Crippen LogP contribution in [-0.2, 0) is 9.53 Å². The maximum Gasteiger partial charge on any atom is 0.231 e. The standard InChI is InChI=1S/C17H31N5O2.HI/c1-17(2)14(12-6-9-24-15(12)17)21-16(19-3)20-11-4-7-22(8-5-11)10-13(18)23;/h11-12,14-15H,4-10H2,1-3H3,(H2,18,23)(H2,19,20,21);1H. The largest absolute Gasteiger partial charge is 0.377 e. The maximum absolute atomic E-state index is 11.0. The van der Waals surface area contributed by atoms with Crippen LogP contribution in [0.3, 0.4) is 0 Å². The van der Waals surface area contributed by atoms with Crippen LogP contribution >= 0.6 is 24.0 Å². The normalized spacial score (nSPS) is 32.3. The van der Waals surface area contributed by atoms with Crippen molar-refractivity contribution in [2.75, 3.05) is 33.3 Å². The Morgan fingerprint density at radius 2 is 1.96 bits per heavy atom. The summed E-state index contributed by atoms with van der Waals surface area (Å²) in [5.41, 5.74) is 5.41. The van der Waals surface area contributed by atoms with E-state index in [0.29, 0.717) is 30.7 Å². The summed E-state index contributed by atoms with van der Waals surface area (Å²) in [5.74, 6) is 1.22. The highest BCUT2D eigenvalue weighted by atomic mass is 127. The molecule has 25 heavy (non-hydrogen) atoms. The maximum atomic E-state index is 11.0. The lowest BCUT2D eigenvalue weighted by Crippen LogP contribution is -2.68. The summed E-state index contributed by atoms with van der Waals surface area (Å²) in [7, 11) is 1.83. The minimum absolute atomic E-state index is 0. The van der Waals surface area contributed by atoms with Crippen LogP contribution in [-0.4, -0.2) is 68.2 Å². The van der Waals surface area contributed by atoms with E-state index in [2.05, 4.69) is 34.4 Å². The molecule has 7 nitrogen and oxygen atoms in total. The van der Waals surface area contributed by atoms with Gasteiger partial charge in [0.05, 0.1) is 12.6 Å². The van der Waals surface area contributed by atoms with Crippen molar-refractivity contribution >= 4 is 35.8 Å². The number of carbonyl (C=O) groups is 1. The molecule has 3 atom stereocenters. The van der Waals surface area contributed by atoms with Gasteiger partial charge in [-0.3, -0.25) is 14.7 Å². The third kappa shape index (κ3) is 4.39. The number of fused-ring (bicyclic) bond motifs is 1. The van der Waals surface area contributed by atoms with Crippen molar-refractivity contribution in [3.63, 3.8) is 0 Å². The molecule has 3 fully saturated rings. The van der Waals surface area contributed by atoms with E-state index in [1.165, 1.54) is 0 Å². The second kappa shape index (κ2) is 8.39. The molecule has 3 aliphatic rings. The van der Waals surface area contributed by atoms with E-state index < -0.39 is 0 Å². The SMILES string of the molecule is CN=C(NC1CCN(CC(N)=O)CC1)NC1C2CCOC2C1(C)C.I. The lowest BCUT2D eigenvalue weighted by atomic mass is 9.57. The Morgan fingerprint density at radius 3 is 2.56 bits per heavy atom. The molecule has 2 aliphatic heterocycles. The van der Waals surface area contributed by atoms with Gasteiger partial charge in [0.15, 0.2) is 5.96 Å². The highest BCUT2D eigenvalue weighted by Crippen LogP contribution is 2.52. The first-order chi connectivity index (χ1) is 11.4. The molecule has 0 bridgehead atoms. The molecular weight excluding hydrogens is 433 g/mol. The van der Waals surface area contributed by atoms with Crippen molar-refractivity contribution in [1.82, 2.24) is 15.5 Å². The molecule has 4 N–H and O–H groups in total. The number of aliphatic imine (C=N–C) groups is 1. The number of hydrogen-bond acceptors (Lipinski definition) is 4. The van der Waals surface area contributed by atoms with Gasteiger partial charge in [-0.05, 0) is 19.3 Å². The van der Waals surface area contributed by atoms with Crippen LogP contribution in [0.15, 0.2) is 4.99 Å². The Bertz CT molecular complexity index is 505. The van der Waals surface area contributed by atoms with Crippen molar-refractivity contribution in [1.29, 1.82) is 0 Å². The minimum Gasteiger partial charge on any atom is -0.377 e. The zero-order chi connectivity index (χ0) is 17.3. The Hall–Kier alpha value is -0.610. The second-order valence-electron chi connectivity index (χ2n) is 7.92. The average molecular weight is 465 g/mol. The van der Waals surface area contributed by atoms with Gasteiger partial charge in [0.1, 0.15) is 0 Å². The van der Waals surface area contributed by atoms with Crippen LogP contribution in [0.25, 0.3) is 0 Å². The van der Waals surface area contributed by atoms with Crippen molar-refractivity contribution in [2.24, 2.45) is 22.1 Å². The fourth-order valence-electron chi connectivity index (χ4n) is 4.58. The fourth-order valence-corrected chi connectivity index (χ4v) is 4.58. The number of halogens is 1. The molecule has 2 heterocycles. The Labute approximate surface area is 167 Å². The van der Waals surface area contributed by atoms with E-state index in [9.17, 15) is 4.79 Å². The van der Waals surface area contributed by atoms with Gasteiger partial charge in [-0.15, -0.1) is 24.0 Å². The number of primary amides is 1. The van der Waals surface area contributed by atoms with E-state index in [1.807, 2.05) is 7.05 Å². The number of likely N-dealkylation sites (tertiary alicyclic amines) is 1. The molecule has 1 amide bonds. The third-order valence-electron chi connectivity index (χ3n) is 5.92. The van der Waals surface area contributed by atoms with Gasteiger partial charge < -0.3 is 21.1 Å². The summed E-state index contributed by atoms with van der Waals surface area (Å²) in [4.78, 5) is 17.5. The third-order valence-corrected chi connectivity index (χ3v) is 5.92. The summed E-state index contributed by atoms with van der Waals surface area (Å²) in [6.45, 7) is 7.57. The highest BCUT2D eigenvalue weighted by Gasteiger charge is 2.59. The first kappa shape index (κ1) is 20.7. The molecule has 1 saturated carbocycles. The number of carbonyl (C=O) groups excluding carboxylic acids is 1. The van der Waals surface area contributed by atoms with Crippen LogP contribution in [0.5, 0.6) is 0 Å². The Morgan fingerprint density at radius 1 is 1.28 bits per heavy atom. The average Bonchev–Trinajstić information content (AvgIpc) is 2.99. The lowest BCUT2D eigenvalue weighted by Gasteiger charge is -2.55. The topological polar surface area (TPSA) is 92.0 Å². The molecule has 0 aromatic rings. The summed E-state index contributed by atoms with van der Waals surface area (Å²) in [5, 5.41) is 7.18. The molecule has 8 heteroatoms. The zero-order valence-electron chi connectivity index (χ0n) is 15.5. The van der Waals surface area contributed by atoms with Crippen LogP contribution < -0.4 is 16.4 Å². The number of amides is 1. The number of ether oxygens (including phenoxy) is 1. The monoisotopic (exact) mass is 465 g/mol. The highest BCUT2D eigenvalue weighted by molar-refractivity contribution is 14.0. The smallest absolute Gasteiger partial charge is 0.231 e. The van der Waals surface area contributed by atoms with Gasteiger partial charge in [-0.25, -0.2) is 0 Å². The van der Waals surface area contributed by atoms with Gasteiger partial charge in [0.2, 0.25) is 5.91 Å². The van der Waals surface area contributed by atoms with Gasteiger partial charge in [-0.2, -0.15) is 0 Å². The van der Waals surface area contributed by atoms with E-state index in [4.69, 9.17) is 10.5 Å². The molecular formula is C17H32IN5O2. The quantitative estimate of drug-likeness (QED) is 0.320. The zero-order valence-corrected chi connectivity index (χ0v) is 17.8. The molecule has 0 spiro atoms. The van der Waals surface area contributed by atoms with E-state index in [0.717, 1.165) is 44.9 Å². The summed E-state index contributed by atoms with van der Waals surface area (Å²) >= 11 is 0. The van der Waals surface area contributed by atoms with Gasteiger partial charge in [-0.1, -0.05) is 13.8 Å². The van der Waals surface area contributed by atoms with E-state index >= 15 is 0 Å². The van der Waals surface area contributed by atoms with Crippen LogP contribution in [0, 0.1) is 11.3 Å². The predicted molar refractivity (Wildman–Crippen MR) is 109 cm³/mol. The fraction of sp³-hybridized carbons (Fsp3) is 0.882. The first-order valence-electron chi connectivity index (χ1n) is 9.04. The van der Waals surface area contributed by atoms with Crippen LogP contribution in [0.1, 0.15) is 33.1 Å². The van der Waals surface area contributed by atoms with Gasteiger partial charge in [0, 0.05) is 50.2 Å². The van der Waals surface area contributed by atoms with Gasteiger partial charge >= 0.3 is 0 Å². The first-order valence-corrected chi connectivity index (χ1v) is 9.04. The minimum atomic E-state index is -0.251. The number of rotatable bonds is 4. The molecule has 0 radical (unpaired) electrons. The molecule has 3 rings (SSSR count).